The van der Waals surface area contributed by atoms with Gasteiger partial charge >= 0.3 is 0 Å². The fourth-order valence-corrected chi connectivity index (χ4v) is 7.29. The highest BCUT2D eigenvalue weighted by Gasteiger charge is 2.24. The lowest BCUT2D eigenvalue weighted by Gasteiger charge is -2.10. The van der Waals surface area contributed by atoms with E-state index >= 15 is 0 Å². The first-order valence-corrected chi connectivity index (χ1v) is 14.4. The number of fused-ring (bicyclic) bond motifs is 9. The Hall–Kier alpha value is -5.60. The Morgan fingerprint density at radius 1 is 0.262 bits per heavy atom. The summed E-state index contributed by atoms with van der Waals surface area (Å²) in [5.74, 6) is 0. The fourth-order valence-electron chi connectivity index (χ4n) is 7.29. The predicted molar refractivity (Wildman–Crippen MR) is 174 cm³/mol. The lowest BCUT2D eigenvalue weighted by Crippen LogP contribution is -1.84. The van der Waals surface area contributed by atoms with Crippen LogP contribution in [0.4, 0.5) is 0 Å². The van der Waals surface area contributed by atoms with Gasteiger partial charge < -0.3 is 8.83 Å². The van der Waals surface area contributed by atoms with Crippen molar-refractivity contribution in [1.29, 1.82) is 0 Å². The minimum atomic E-state index is 0.886. The van der Waals surface area contributed by atoms with E-state index in [0.29, 0.717) is 0 Å². The molecule has 194 valence electrons. The van der Waals surface area contributed by atoms with Crippen LogP contribution in [0, 0.1) is 0 Å². The molecule has 0 unspecified atom stereocenters. The van der Waals surface area contributed by atoms with Crippen molar-refractivity contribution in [3.05, 3.63) is 133 Å². The van der Waals surface area contributed by atoms with Gasteiger partial charge in [-0.15, -0.1) is 0 Å². The molecule has 0 radical (unpaired) electrons. The van der Waals surface area contributed by atoms with E-state index < -0.39 is 0 Å². The number of benzene rings is 7. The topological polar surface area (TPSA) is 26.3 Å². The van der Waals surface area contributed by atoms with E-state index in [1.165, 1.54) is 38.6 Å². The normalized spacial score (nSPS) is 12.3. The Balaban J connectivity index is 1.26. The zero-order chi connectivity index (χ0) is 27.4. The van der Waals surface area contributed by atoms with Gasteiger partial charge in [-0.1, -0.05) is 121 Å². The van der Waals surface area contributed by atoms with E-state index in [1.54, 1.807) is 0 Å². The van der Waals surface area contributed by atoms with Crippen molar-refractivity contribution in [2.75, 3.05) is 0 Å². The molecule has 0 atom stereocenters. The Morgan fingerprint density at radius 2 is 0.738 bits per heavy atom. The molecule has 7 aromatic carbocycles. The lowest BCUT2D eigenvalue weighted by molar-refractivity contribution is 0.669. The first-order chi connectivity index (χ1) is 20.8. The summed E-state index contributed by atoms with van der Waals surface area (Å²) < 4.78 is 13.1. The quantitative estimate of drug-likeness (QED) is 0.220. The van der Waals surface area contributed by atoms with Gasteiger partial charge in [-0.2, -0.15) is 0 Å². The second-order valence-electron chi connectivity index (χ2n) is 11.2. The maximum atomic E-state index is 6.92. The van der Waals surface area contributed by atoms with Gasteiger partial charge in [0.2, 0.25) is 0 Å². The average Bonchev–Trinajstić information content (AvgIpc) is 3.72. The molecular formula is C40H22O2. The number of rotatable bonds is 2. The van der Waals surface area contributed by atoms with Gasteiger partial charge in [-0.3, -0.25) is 0 Å². The summed E-state index contributed by atoms with van der Waals surface area (Å²) in [4.78, 5) is 0. The molecule has 1 aliphatic rings. The van der Waals surface area contributed by atoms with E-state index in [1.807, 2.05) is 18.2 Å². The van der Waals surface area contributed by atoms with Crippen molar-refractivity contribution in [2.45, 2.75) is 0 Å². The van der Waals surface area contributed by atoms with Gasteiger partial charge in [-0.25, -0.2) is 0 Å². The van der Waals surface area contributed by atoms with Gasteiger partial charge in [0, 0.05) is 32.7 Å². The molecule has 0 saturated carbocycles. The second-order valence-corrected chi connectivity index (χ2v) is 11.2. The van der Waals surface area contributed by atoms with Gasteiger partial charge in [0.05, 0.1) is 0 Å². The first-order valence-electron chi connectivity index (χ1n) is 14.4. The van der Waals surface area contributed by atoms with E-state index in [-0.39, 0.29) is 0 Å². The standard InChI is InChI=1S/C40H22O2/c1-2-10-24-23(9-1)26-12-5-13-27-25(21-22-29(24)37(26)27)30-15-6-17-32-33-18-7-16-31(40(33)42-39(30)32)28-14-8-20-36-38(28)34-11-3-4-19-35(34)41-36/h1-22H. The monoisotopic (exact) mass is 534 g/mol. The predicted octanol–water partition coefficient (Wildman–Crippen LogP) is 11.6. The molecule has 0 aliphatic heterocycles. The van der Waals surface area contributed by atoms with E-state index in [9.17, 15) is 0 Å². The minimum absolute atomic E-state index is 0.886. The molecule has 42 heavy (non-hydrogen) atoms. The number of hydrogen-bond acceptors (Lipinski definition) is 2. The molecule has 2 heterocycles. The Labute approximate surface area is 241 Å². The average molecular weight is 535 g/mol. The third-order valence-electron chi connectivity index (χ3n) is 9.06. The lowest BCUT2D eigenvalue weighted by atomic mass is 9.93. The minimum Gasteiger partial charge on any atom is -0.456 e. The Bertz CT molecular complexity index is 2550. The number of furan rings is 2. The molecule has 0 spiro atoms. The van der Waals surface area contributed by atoms with Crippen LogP contribution in [0.3, 0.4) is 0 Å². The summed E-state index contributed by atoms with van der Waals surface area (Å²) in [5, 5.41) is 7.05. The summed E-state index contributed by atoms with van der Waals surface area (Å²) in [6, 6.07) is 47.5. The fraction of sp³-hybridized carbons (Fsp3) is 0. The molecule has 0 N–H and O–H groups in total. The SMILES string of the molecule is c1ccc2c(c1)-c1cccc3c(-c4cccc5c4oc4c(-c6cccc7oc8ccccc8c67)cccc45)ccc-2c13. The van der Waals surface area contributed by atoms with Crippen LogP contribution in [-0.4, -0.2) is 0 Å². The summed E-state index contributed by atoms with van der Waals surface area (Å²) in [6.45, 7) is 0. The zero-order valence-corrected chi connectivity index (χ0v) is 22.5. The van der Waals surface area contributed by atoms with Crippen molar-refractivity contribution in [1.82, 2.24) is 0 Å². The molecule has 2 aromatic heterocycles. The third-order valence-corrected chi connectivity index (χ3v) is 9.06. The maximum Gasteiger partial charge on any atom is 0.143 e. The van der Waals surface area contributed by atoms with Crippen LogP contribution in [-0.2, 0) is 0 Å². The van der Waals surface area contributed by atoms with Crippen LogP contribution < -0.4 is 0 Å². The van der Waals surface area contributed by atoms with Crippen molar-refractivity contribution in [2.24, 2.45) is 0 Å². The maximum absolute atomic E-state index is 6.92. The molecule has 0 saturated heterocycles. The molecule has 2 nitrogen and oxygen atoms in total. The van der Waals surface area contributed by atoms with Crippen molar-refractivity contribution in [3.63, 3.8) is 0 Å². The summed E-state index contributed by atoms with van der Waals surface area (Å²) in [5.41, 5.74) is 13.3. The van der Waals surface area contributed by atoms with E-state index in [2.05, 4.69) is 115 Å². The van der Waals surface area contributed by atoms with Crippen molar-refractivity contribution >= 4 is 54.6 Å². The van der Waals surface area contributed by atoms with Crippen LogP contribution in [0.1, 0.15) is 0 Å². The van der Waals surface area contributed by atoms with Crippen LogP contribution >= 0.6 is 0 Å². The molecular weight excluding hydrogens is 512 g/mol. The number of para-hydroxylation sites is 3. The van der Waals surface area contributed by atoms with Crippen LogP contribution in [0.15, 0.2) is 142 Å². The van der Waals surface area contributed by atoms with Crippen LogP contribution in [0.5, 0.6) is 0 Å². The molecule has 10 rings (SSSR count). The van der Waals surface area contributed by atoms with Gasteiger partial charge in [-0.05, 0) is 56.3 Å². The first kappa shape index (κ1) is 22.1. The van der Waals surface area contributed by atoms with E-state index in [4.69, 9.17) is 8.83 Å². The van der Waals surface area contributed by atoms with Gasteiger partial charge in [0.1, 0.15) is 22.3 Å². The van der Waals surface area contributed by atoms with Crippen LogP contribution in [0.2, 0.25) is 0 Å². The van der Waals surface area contributed by atoms with Crippen LogP contribution in [0.25, 0.3) is 99.2 Å². The highest BCUT2D eigenvalue weighted by atomic mass is 16.3. The van der Waals surface area contributed by atoms with Gasteiger partial charge in [0.15, 0.2) is 0 Å². The molecule has 9 aromatic rings. The van der Waals surface area contributed by atoms with Crippen molar-refractivity contribution < 1.29 is 8.83 Å². The third kappa shape index (κ3) is 2.78. The highest BCUT2D eigenvalue weighted by Crippen LogP contribution is 2.50. The van der Waals surface area contributed by atoms with Crippen molar-refractivity contribution in [3.8, 4) is 44.5 Å². The summed E-state index contributed by atoms with van der Waals surface area (Å²) in [6.07, 6.45) is 0. The molecule has 2 heteroatoms. The summed E-state index contributed by atoms with van der Waals surface area (Å²) >= 11 is 0. The smallest absolute Gasteiger partial charge is 0.143 e. The molecule has 0 amide bonds. The second kappa shape index (κ2) is 7.99. The Kier molecular flexibility index (Phi) is 4.21. The summed E-state index contributed by atoms with van der Waals surface area (Å²) in [7, 11) is 0. The van der Waals surface area contributed by atoms with Gasteiger partial charge in [0.25, 0.3) is 0 Å². The van der Waals surface area contributed by atoms with E-state index in [0.717, 1.165) is 60.6 Å². The molecule has 1 aliphatic carbocycles. The molecule has 0 bridgehead atoms. The Morgan fingerprint density at radius 3 is 1.50 bits per heavy atom. The zero-order valence-electron chi connectivity index (χ0n) is 22.5. The largest absolute Gasteiger partial charge is 0.456 e. The highest BCUT2D eigenvalue weighted by molar-refractivity contribution is 6.22. The number of hydrogen-bond donors (Lipinski definition) is 0. The molecule has 0 fully saturated rings.